The Bertz CT molecular complexity index is 537. The number of nitrogens with two attached hydrogens (primary N) is 1. The molecule has 2 rings (SSSR count). The maximum absolute atomic E-state index is 12.2. The Hall–Kier alpha value is -1.97. The van der Waals surface area contributed by atoms with E-state index in [1.807, 2.05) is 43.5 Å². The summed E-state index contributed by atoms with van der Waals surface area (Å²) in [7, 11) is 0. The monoisotopic (exact) mass is 273 g/mol. The number of nitrogens with zero attached hydrogens (tertiary/aromatic N) is 1. The molecule has 0 radical (unpaired) electrons. The molecule has 1 aromatic carbocycles. The standard InChI is InChI=1S/C16H20N2O2/c1-16(11-14(17)19)9-10-18(12-16)15(20)8-7-13-5-3-2-4-6-13/h2-6,12H,7-11H2,1H3,(H-,17,19)/p+1. The van der Waals surface area contributed by atoms with Crippen LogP contribution < -0.4 is 5.73 Å². The second-order valence-electron chi connectivity index (χ2n) is 5.75. The fourth-order valence-corrected chi connectivity index (χ4v) is 2.65. The van der Waals surface area contributed by atoms with Crippen LogP contribution in [0.15, 0.2) is 30.3 Å². The van der Waals surface area contributed by atoms with Gasteiger partial charge < -0.3 is 5.73 Å². The number of carbonyl (C=O) groups is 2. The second kappa shape index (κ2) is 5.99. The fraction of sp³-hybridized carbons (Fsp3) is 0.438. The van der Waals surface area contributed by atoms with Crippen molar-refractivity contribution in [3.8, 4) is 0 Å². The van der Waals surface area contributed by atoms with Gasteiger partial charge in [0.15, 0.2) is 12.8 Å². The highest BCUT2D eigenvalue weighted by molar-refractivity contribution is 5.82. The SMILES string of the molecule is CC1(CC(N)=O)C=[N+](C(=O)CCc2ccccc2)CC1. The molecular weight excluding hydrogens is 252 g/mol. The fourth-order valence-electron chi connectivity index (χ4n) is 2.65. The first-order valence-corrected chi connectivity index (χ1v) is 6.96. The zero-order valence-electron chi connectivity index (χ0n) is 11.8. The number of aryl methyl sites for hydroxylation is 1. The van der Waals surface area contributed by atoms with Crippen molar-refractivity contribution < 1.29 is 14.2 Å². The summed E-state index contributed by atoms with van der Waals surface area (Å²) in [6, 6.07) is 9.97. The van der Waals surface area contributed by atoms with Crippen LogP contribution in [0.4, 0.5) is 0 Å². The molecule has 0 aromatic heterocycles. The minimum absolute atomic E-state index is 0.113. The van der Waals surface area contributed by atoms with E-state index in [2.05, 4.69) is 0 Å². The first-order chi connectivity index (χ1) is 9.48. The van der Waals surface area contributed by atoms with Gasteiger partial charge in [0.05, 0.1) is 11.8 Å². The number of benzene rings is 1. The summed E-state index contributed by atoms with van der Waals surface area (Å²) in [5.41, 5.74) is 6.15. The minimum atomic E-state index is -0.317. The molecule has 0 spiro atoms. The molecule has 1 aliphatic rings. The molecule has 0 saturated carbocycles. The summed E-state index contributed by atoms with van der Waals surface area (Å²) >= 11 is 0. The van der Waals surface area contributed by atoms with Crippen LogP contribution >= 0.6 is 0 Å². The van der Waals surface area contributed by atoms with Crippen molar-refractivity contribution >= 4 is 18.0 Å². The Morgan fingerprint density at radius 3 is 2.65 bits per heavy atom. The number of amides is 2. The molecule has 1 atom stereocenters. The van der Waals surface area contributed by atoms with Gasteiger partial charge in [-0.1, -0.05) is 30.3 Å². The number of hydrogen-bond donors (Lipinski definition) is 1. The molecule has 2 amide bonds. The summed E-state index contributed by atoms with van der Waals surface area (Å²) < 4.78 is 1.74. The maximum atomic E-state index is 12.2. The van der Waals surface area contributed by atoms with Crippen molar-refractivity contribution in [1.82, 2.24) is 0 Å². The van der Waals surface area contributed by atoms with Gasteiger partial charge in [-0.15, -0.1) is 0 Å². The molecule has 0 fully saturated rings. The number of primary amides is 1. The molecular formula is C16H21N2O2+. The van der Waals surface area contributed by atoms with Crippen molar-refractivity contribution in [1.29, 1.82) is 0 Å². The zero-order valence-corrected chi connectivity index (χ0v) is 11.8. The van der Waals surface area contributed by atoms with Gasteiger partial charge in [-0.05, 0) is 18.9 Å². The van der Waals surface area contributed by atoms with E-state index in [0.29, 0.717) is 19.4 Å². The molecule has 0 saturated heterocycles. The van der Waals surface area contributed by atoms with E-state index in [9.17, 15) is 9.59 Å². The lowest BCUT2D eigenvalue weighted by Gasteiger charge is -2.12. The average molecular weight is 273 g/mol. The molecule has 1 aliphatic heterocycles. The summed E-state index contributed by atoms with van der Waals surface area (Å²) in [6.45, 7) is 2.65. The molecule has 0 aliphatic carbocycles. The smallest absolute Gasteiger partial charge is 0.370 e. The molecule has 2 N–H and O–H groups in total. The van der Waals surface area contributed by atoms with Crippen molar-refractivity contribution in [3.05, 3.63) is 35.9 Å². The lowest BCUT2D eigenvalue weighted by molar-refractivity contribution is -0.437. The first-order valence-electron chi connectivity index (χ1n) is 6.96. The van der Waals surface area contributed by atoms with Crippen molar-refractivity contribution in [2.45, 2.75) is 32.6 Å². The van der Waals surface area contributed by atoms with Gasteiger partial charge in [-0.25, -0.2) is 4.79 Å². The van der Waals surface area contributed by atoms with Crippen molar-refractivity contribution in [2.75, 3.05) is 6.54 Å². The van der Waals surface area contributed by atoms with E-state index in [-0.39, 0.29) is 17.2 Å². The lowest BCUT2D eigenvalue weighted by Crippen LogP contribution is -2.25. The summed E-state index contributed by atoms with van der Waals surface area (Å²) in [5, 5.41) is 0. The molecule has 0 bridgehead atoms. The lowest BCUT2D eigenvalue weighted by atomic mass is 9.86. The topological polar surface area (TPSA) is 63.2 Å². The van der Waals surface area contributed by atoms with Crippen LogP contribution in [-0.4, -0.2) is 29.1 Å². The van der Waals surface area contributed by atoms with Gasteiger partial charge in [-0.3, -0.25) is 4.79 Å². The van der Waals surface area contributed by atoms with Gasteiger partial charge in [0.2, 0.25) is 5.91 Å². The number of carbonyl (C=O) groups excluding carboxylic acids is 2. The van der Waals surface area contributed by atoms with Gasteiger partial charge in [-0.2, -0.15) is 4.58 Å². The van der Waals surface area contributed by atoms with E-state index >= 15 is 0 Å². The Labute approximate surface area is 119 Å². The van der Waals surface area contributed by atoms with Gasteiger partial charge in [0.1, 0.15) is 0 Å². The molecule has 4 nitrogen and oxygen atoms in total. The van der Waals surface area contributed by atoms with Crippen LogP contribution in [-0.2, 0) is 16.0 Å². The second-order valence-corrected chi connectivity index (χ2v) is 5.75. The van der Waals surface area contributed by atoms with Crippen molar-refractivity contribution in [2.24, 2.45) is 11.1 Å². The number of rotatable bonds is 5. The third-order valence-electron chi connectivity index (χ3n) is 3.76. The first kappa shape index (κ1) is 14.4. The molecule has 20 heavy (non-hydrogen) atoms. The average Bonchev–Trinajstić information content (AvgIpc) is 2.78. The summed E-state index contributed by atoms with van der Waals surface area (Å²) in [5.74, 6) is -0.204. The Kier molecular flexibility index (Phi) is 4.32. The summed E-state index contributed by atoms with van der Waals surface area (Å²) in [6.07, 6.45) is 4.22. The van der Waals surface area contributed by atoms with Gasteiger partial charge >= 0.3 is 5.91 Å². The van der Waals surface area contributed by atoms with E-state index in [0.717, 1.165) is 12.8 Å². The van der Waals surface area contributed by atoms with Gasteiger partial charge in [0.25, 0.3) is 0 Å². The highest BCUT2D eigenvalue weighted by Crippen LogP contribution is 2.27. The Balaban J connectivity index is 1.93. The molecule has 1 heterocycles. The number of hydrogen-bond acceptors (Lipinski definition) is 2. The van der Waals surface area contributed by atoms with E-state index in [4.69, 9.17) is 5.73 Å². The van der Waals surface area contributed by atoms with Crippen LogP contribution in [0.2, 0.25) is 0 Å². The Morgan fingerprint density at radius 2 is 2.00 bits per heavy atom. The van der Waals surface area contributed by atoms with Gasteiger partial charge in [0, 0.05) is 12.8 Å². The molecule has 1 unspecified atom stereocenters. The molecule has 106 valence electrons. The van der Waals surface area contributed by atoms with Crippen molar-refractivity contribution in [3.63, 3.8) is 0 Å². The maximum Gasteiger partial charge on any atom is 0.386 e. The highest BCUT2D eigenvalue weighted by atomic mass is 16.2. The van der Waals surface area contributed by atoms with Crippen LogP contribution in [0.25, 0.3) is 0 Å². The van der Waals surface area contributed by atoms with E-state index in [1.165, 1.54) is 5.56 Å². The minimum Gasteiger partial charge on any atom is -0.370 e. The Morgan fingerprint density at radius 1 is 1.30 bits per heavy atom. The van der Waals surface area contributed by atoms with Crippen LogP contribution in [0, 0.1) is 5.41 Å². The van der Waals surface area contributed by atoms with Crippen LogP contribution in [0.5, 0.6) is 0 Å². The third-order valence-corrected chi connectivity index (χ3v) is 3.76. The largest absolute Gasteiger partial charge is 0.386 e. The predicted molar refractivity (Wildman–Crippen MR) is 77.5 cm³/mol. The third kappa shape index (κ3) is 3.76. The molecule has 4 heteroatoms. The highest BCUT2D eigenvalue weighted by Gasteiger charge is 2.38. The zero-order chi connectivity index (χ0) is 14.6. The van der Waals surface area contributed by atoms with E-state index < -0.39 is 0 Å². The predicted octanol–water partition coefficient (Wildman–Crippen LogP) is 1.51. The molecule has 1 aromatic rings. The van der Waals surface area contributed by atoms with Crippen LogP contribution in [0.3, 0.4) is 0 Å². The van der Waals surface area contributed by atoms with E-state index in [1.54, 1.807) is 4.58 Å². The van der Waals surface area contributed by atoms with Crippen LogP contribution in [0.1, 0.15) is 31.7 Å². The summed E-state index contributed by atoms with van der Waals surface area (Å²) in [4.78, 5) is 23.2. The quantitative estimate of drug-likeness (QED) is 0.827. The normalized spacial score (nSPS) is 21.6.